The summed E-state index contributed by atoms with van der Waals surface area (Å²) in [6.45, 7) is 0. The molecule has 0 aliphatic heterocycles. The van der Waals surface area contributed by atoms with Crippen molar-refractivity contribution in [2.24, 2.45) is 0 Å². The Hall–Kier alpha value is 0.0300. The maximum atomic E-state index is 5.83. The zero-order valence-electron chi connectivity index (χ0n) is 6.78. The van der Waals surface area contributed by atoms with E-state index in [0.717, 1.165) is 21.8 Å². The highest BCUT2D eigenvalue weighted by Gasteiger charge is 1.96. The standard InChI is InChI=1S/C10H7Br2Cl/c11-6-2-1-3-8-7-9(13)4-5-10(8)12/h4-5,7H,2,6H2. The predicted octanol–water partition coefficient (Wildman–Crippen LogP) is 4.24. The summed E-state index contributed by atoms with van der Waals surface area (Å²) < 4.78 is 0.985. The average molecular weight is 322 g/mol. The van der Waals surface area contributed by atoms with Crippen molar-refractivity contribution in [1.82, 2.24) is 0 Å². The lowest BCUT2D eigenvalue weighted by molar-refractivity contribution is 1.32. The van der Waals surface area contributed by atoms with Gasteiger partial charge >= 0.3 is 0 Å². The molecule has 0 radical (unpaired) electrons. The Bertz CT molecular complexity index is 350. The first-order chi connectivity index (χ1) is 6.24. The van der Waals surface area contributed by atoms with E-state index < -0.39 is 0 Å². The van der Waals surface area contributed by atoms with Gasteiger partial charge in [0.15, 0.2) is 0 Å². The molecule has 0 aliphatic carbocycles. The van der Waals surface area contributed by atoms with Crippen LogP contribution in [0.15, 0.2) is 22.7 Å². The molecule has 0 aliphatic rings. The van der Waals surface area contributed by atoms with E-state index in [9.17, 15) is 0 Å². The lowest BCUT2D eigenvalue weighted by Gasteiger charge is -1.95. The van der Waals surface area contributed by atoms with Crippen molar-refractivity contribution in [2.75, 3.05) is 5.33 Å². The molecule has 0 bridgehead atoms. The molecular weight excluding hydrogens is 315 g/mol. The third kappa shape index (κ3) is 3.72. The summed E-state index contributed by atoms with van der Waals surface area (Å²) >= 11 is 12.6. The minimum Gasteiger partial charge on any atom is -0.0970 e. The highest BCUT2D eigenvalue weighted by molar-refractivity contribution is 9.10. The van der Waals surface area contributed by atoms with E-state index in [-0.39, 0.29) is 0 Å². The Morgan fingerprint density at radius 1 is 1.38 bits per heavy atom. The van der Waals surface area contributed by atoms with Crippen molar-refractivity contribution in [3.63, 3.8) is 0 Å². The van der Waals surface area contributed by atoms with E-state index in [1.165, 1.54) is 0 Å². The lowest BCUT2D eigenvalue weighted by Crippen LogP contribution is -1.77. The molecule has 0 unspecified atom stereocenters. The summed E-state index contributed by atoms with van der Waals surface area (Å²) in [7, 11) is 0. The minimum absolute atomic E-state index is 0.714. The van der Waals surface area contributed by atoms with Gasteiger partial charge in [-0.1, -0.05) is 39.4 Å². The number of hydrogen-bond acceptors (Lipinski definition) is 0. The molecule has 68 valence electrons. The third-order valence-corrected chi connectivity index (χ3v) is 2.69. The van der Waals surface area contributed by atoms with Crippen LogP contribution in [0.2, 0.25) is 5.02 Å². The Morgan fingerprint density at radius 3 is 2.85 bits per heavy atom. The molecule has 1 aromatic rings. The van der Waals surface area contributed by atoms with Crippen LogP contribution in [0, 0.1) is 11.8 Å². The van der Waals surface area contributed by atoms with Crippen LogP contribution >= 0.6 is 43.5 Å². The van der Waals surface area contributed by atoms with Crippen LogP contribution in [0.25, 0.3) is 0 Å². The number of benzene rings is 1. The van der Waals surface area contributed by atoms with Crippen LogP contribution in [0.3, 0.4) is 0 Å². The molecule has 13 heavy (non-hydrogen) atoms. The fraction of sp³-hybridized carbons (Fsp3) is 0.200. The largest absolute Gasteiger partial charge is 0.0970 e. The van der Waals surface area contributed by atoms with Gasteiger partial charge < -0.3 is 0 Å². The molecule has 3 heteroatoms. The maximum Gasteiger partial charge on any atom is 0.0419 e. The van der Waals surface area contributed by atoms with Crippen LogP contribution in [0.4, 0.5) is 0 Å². The van der Waals surface area contributed by atoms with Gasteiger partial charge in [0.25, 0.3) is 0 Å². The predicted molar refractivity (Wildman–Crippen MR) is 64.4 cm³/mol. The van der Waals surface area contributed by atoms with Gasteiger partial charge in [-0.15, -0.1) is 0 Å². The first kappa shape index (κ1) is 11.1. The van der Waals surface area contributed by atoms with E-state index in [0.29, 0.717) is 5.02 Å². The van der Waals surface area contributed by atoms with Crippen LogP contribution in [-0.4, -0.2) is 5.33 Å². The van der Waals surface area contributed by atoms with Gasteiger partial charge in [-0.25, -0.2) is 0 Å². The molecule has 1 rings (SSSR count). The van der Waals surface area contributed by atoms with E-state index in [1.807, 2.05) is 18.2 Å². The number of halogens is 3. The van der Waals surface area contributed by atoms with Crippen LogP contribution in [0.5, 0.6) is 0 Å². The van der Waals surface area contributed by atoms with Crippen molar-refractivity contribution in [2.45, 2.75) is 6.42 Å². The summed E-state index contributed by atoms with van der Waals surface area (Å²) in [6, 6.07) is 5.59. The second-order valence-electron chi connectivity index (χ2n) is 2.36. The molecular formula is C10H7Br2Cl. The number of hydrogen-bond donors (Lipinski definition) is 0. The van der Waals surface area contributed by atoms with Gasteiger partial charge in [0, 0.05) is 26.8 Å². The second-order valence-corrected chi connectivity index (χ2v) is 4.45. The molecule has 0 saturated carbocycles. The molecule has 0 atom stereocenters. The Balaban J connectivity index is 2.89. The van der Waals surface area contributed by atoms with Crippen molar-refractivity contribution >= 4 is 43.5 Å². The second kappa shape index (κ2) is 5.70. The molecule has 0 spiro atoms. The molecule has 0 amide bonds. The van der Waals surface area contributed by atoms with Gasteiger partial charge in [0.05, 0.1) is 0 Å². The van der Waals surface area contributed by atoms with E-state index in [4.69, 9.17) is 11.6 Å². The smallest absolute Gasteiger partial charge is 0.0419 e. The minimum atomic E-state index is 0.714. The topological polar surface area (TPSA) is 0 Å². The van der Waals surface area contributed by atoms with Gasteiger partial charge in [-0.3, -0.25) is 0 Å². The van der Waals surface area contributed by atoms with Crippen molar-refractivity contribution in [3.8, 4) is 11.8 Å². The van der Waals surface area contributed by atoms with Gasteiger partial charge in [-0.2, -0.15) is 0 Å². The summed E-state index contributed by atoms with van der Waals surface area (Å²) in [5, 5.41) is 1.62. The highest BCUT2D eigenvalue weighted by Crippen LogP contribution is 2.20. The van der Waals surface area contributed by atoms with E-state index >= 15 is 0 Å². The SMILES string of the molecule is Clc1ccc(Br)c(C#CCCBr)c1. The first-order valence-electron chi connectivity index (χ1n) is 3.74. The molecule has 0 fully saturated rings. The van der Waals surface area contributed by atoms with Crippen LogP contribution < -0.4 is 0 Å². The van der Waals surface area contributed by atoms with E-state index in [2.05, 4.69) is 43.7 Å². The average Bonchev–Trinajstić information content (AvgIpc) is 2.11. The highest BCUT2D eigenvalue weighted by atomic mass is 79.9. The summed E-state index contributed by atoms with van der Waals surface area (Å²) in [5.74, 6) is 6.08. The maximum absolute atomic E-state index is 5.83. The Morgan fingerprint density at radius 2 is 2.15 bits per heavy atom. The lowest BCUT2D eigenvalue weighted by atomic mass is 10.2. The van der Waals surface area contributed by atoms with Gasteiger partial charge in [0.2, 0.25) is 0 Å². The molecule has 0 aromatic heterocycles. The van der Waals surface area contributed by atoms with Gasteiger partial charge in [-0.05, 0) is 34.1 Å². The molecule has 1 aromatic carbocycles. The van der Waals surface area contributed by atoms with Crippen LogP contribution in [0.1, 0.15) is 12.0 Å². The Kier molecular flexibility index (Phi) is 4.87. The zero-order valence-corrected chi connectivity index (χ0v) is 10.7. The quantitative estimate of drug-likeness (QED) is 0.536. The summed E-state index contributed by atoms with van der Waals surface area (Å²) in [5.41, 5.74) is 0.938. The van der Waals surface area contributed by atoms with Gasteiger partial charge in [0.1, 0.15) is 0 Å². The number of rotatable bonds is 1. The van der Waals surface area contributed by atoms with Crippen molar-refractivity contribution in [3.05, 3.63) is 33.3 Å². The van der Waals surface area contributed by atoms with E-state index in [1.54, 1.807) is 0 Å². The molecule has 0 N–H and O–H groups in total. The molecule has 0 nitrogen and oxygen atoms in total. The van der Waals surface area contributed by atoms with Crippen LogP contribution in [-0.2, 0) is 0 Å². The third-order valence-electron chi connectivity index (χ3n) is 1.37. The summed E-state index contributed by atoms with van der Waals surface area (Å²) in [6.07, 6.45) is 0.846. The molecule has 0 heterocycles. The zero-order chi connectivity index (χ0) is 9.68. The first-order valence-corrected chi connectivity index (χ1v) is 6.03. The fourth-order valence-corrected chi connectivity index (χ4v) is 1.51. The fourth-order valence-electron chi connectivity index (χ4n) is 0.798. The molecule has 0 saturated heterocycles. The summed E-state index contributed by atoms with van der Waals surface area (Å²) in [4.78, 5) is 0. The Labute approximate surface area is 99.9 Å². The number of alkyl halides is 1. The van der Waals surface area contributed by atoms with Crippen molar-refractivity contribution < 1.29 is 0 Å². The normalized spacial score (nSPS) is 9.15. The monoisotopic (exact) mass is 320 g/mol. The van der Waals surface area contributed by atoms with Crippen molar-refractivity contribution in [1.29, 1.82) is 0 Å².